The van der Waals surface area contributed by atoms with Crippen LogP contribution in [0.15, 0.2) is 18.2 Å². The molecule has 7 heteroatoms. The second-order valence-corrected chi connectivity index (χ2v) is 4.11. The Balaban J connectivity index is 2.06. The molecule has 0 fully saturated rings. The Labute approximate surface area is 116 Å². The number of aromatic nitrogens is 4. The Kier molecular flexibility index (Phi) is 4.46. The quantitative estimate of drug-likeness (QED) is 0.905. The van der Waals surface area contributed by atoms with E-state index in [0.29, 0.717) is 19.1 Å². The predicted octanol–water partition coefficient (Wildman–Crippen LogP) is 2.24. The minimum absolute atomic E-state index is 0.0955. The first kappa shape index (κ1) is 13.5. The number of halogens is 1. The van der Waals surface area contributed by atoms with Crippen LogP contribution in [0, 0.1) is 6.92 Å². The van der Waals surface area contributed by atoms with Crippen LogP contribution >= 0.6 is 11.6 Å². The van der Waals surface area contributed by atoms with Crippen molar-refractivity contribution < 1.29 is 4.74 Å². The molecule has 0 bridgehead atoms. The summed E-state index contributed by atoms with van der Waals surface area (Å²) in [5.74, 6) is 0.367. The third-order valence-electron chi connectivity index (χ3n) is 2.23. The van der Waals surface area contributed by atoms with E-state index in [1.54, 1.807) is 0 Å². The number of hydrogen-bond acceptors (Lipinski definition) is 6. The van der Waals surface area contributed by atoms with E-state index >= 15 is 0 Å². The molecular formula is C12H14ClN5O. The van der Waals surface area contributed by atoms with E-state index in [0.717, 1.165) is 11.4 Å². The molecule has 0 aromatic carbocycles. The molecule has 0 unspecified atom stereocenters. The summed E-state index contributed by atoms with van der Waals surface area (Å²) in [5.41, 5.74) is 1.86. The van der Waals surface area contributed by atoms with Gasteiger partial charge in [0.05, 0.1) is 18.8 Å². The third-order valence-corrected chi connectivity index (χ3v) is 2.40. The van der Waals surface area contributed by atoms with Gasteiger partial charge in [-0.1, -0.05) is 6.07 Å². The van der Waals surface area contributed by atoms with E-state index < -0.39 is 0 Å². The molecule has 0 radical (unpaired) electrons. The smallest absolute Gasteiger partial charge is 0.322 e. The number of anilines is 1. The molecule has 0 aliphatic rings. The molecule has 0 aliphatic carbocycles. The first-order chi connectivity index (χ1) is 9.17. The average Bonchev–Trinajstić information content (AvgIpc) is 2.36. The fourth-order valence-electron chi connectivity index (χ4n) is 1.47. The van der Waals surface area contributed by atoms with E-state index in [9.17, 15) is 0 Å². The largest absolute Gasteiger partial charge is 0.464 e. The highest BCUT2D eigenvalue weighted by atomic mass is 35.5. The maximum absolute atomic E-state index is 5.79. The topological polar surface area (TPSA) is 72.8 Å². The molecule has 19 heavy (non-hydrogen) atoms. The van der Waals surface area contributed by atoms with Crippen LogP contribution < -0.4 is 10.1 Å². The number of pyridine rings is 1. The van der Waals surface area contributed by atoms with E-state index in [1.165, 1.54) is 0 Å². The summed E-state index contributed by atoms with van der Waals surface area (Å²) >= 11 is 5.79. The van der Waals surface area contributed by atoms with Gasteiger partial charge < -0.3 is 10.1 Å². The van der Waals surface area contributed by atoms with Gasteiger partial charge in [0.2, 0.25) is 11.2 Å². The Morgan fingerprint density at radius 3 is 2.79 bits per heavy atom. The zero-order chi connectivity index (χ0) is 13.7. The van der Waals surface area contributed by atoms with Crippen molar-refractivity contribution in [2.75, 3.05) is 11.9 Å². The van der Waals surface area contributed by atoms with Crippen molar-refractivity contribution in [1.82, 2.24) is 19.9 Å². The maximum atomic E-state index is 5.79. The molecule has 1 N–H and O–H groups in total. The number of aryl methyl sites for hydroxylation is 1. The summed E-state index contributed by atoms with van der Waals surface area (Å²) in [6.07, 6.45) is 0. The first-order valence-corrected chi connectivity index (χ1v) is 6.26. The van der Waals surface area contributed by atoms with Crippen LogP contribution in [0.5, 0.6) is 6.01 Å². The summed E-state index contributed by atoms with van der Waals surface area (Å²) in [4.78, 5) is 16.3. The van der Waals surface area contributed by atoms with Gasteiger partial charge in [-0.3, -0.25) is 4.98 Å². The Morgan fingerprint density at radius 1 is 1.21 bits per heavy atom. The van der Waals surface area contributed by atoms with Gasteiger partial charge in [-0.2, -0.15) is 15.0 Å². The average molecular weight is 280 g/mol. The highest BCUT2D eigenvalue weighted by Crippen LogP contribution is 2.12. The molecular weight excluding hydrogens is 266 g/mol. The second kappa shape index (κ2) is 6.29. The third kappa shape index (κ3) is 4.03. The van der Waals surface area contributed by atoms with Crippen LogP contribution in [0.3, 0.4) is 0 Å². The number of ether oxygens (including phenoxy) is 1. The summed E-state index contributed by atoms with van der Waals surface area (Å²) < 4.78 is 5.20. The van der Waals surface area contributed by atoms with Crippen molar-refractivity contribution >= 4 is 17.5 Å². The Morgan fingerprint density at radius 2 is 2.05 bits per heavy atom. The van der Waals surface area contributed by atoms with Gasteiger partial charge in [0.15, 0.2) is 0 Å². The molecule has 2 rings (SSSR count). The van der Waals surface area contributed by atoms with Gasteiger partial charge in [0.1, 0.15) is 0 Å². The lowest BCUT2D eigenvalue weighted by Gasteiger charge is -2.06. The highest BCUT2D eigenvalue weighted by Gasteiger charge is 2.05. The van der Waals surface area contributed by atoms with E-state index in [2.05, 4.69) is 25.3 Å². The number of hydrogen-bond donors (Lipinski definition) is 1. The van der Waals surface area contributed by atoms with Crippen molar-refractivity contribution in [3.63, 3.8) is 0 Å². The molecule has 0 aliphatic heterocycles. The molecule has 2 aromatic rings. The van der Waals surface area contributed by atoms with Crippen molar-refractivity contribution in [3.05, 3.63) is 34.9 Å². The molecule has 2 aromatic heterocycles. The van der Waals surface area contributed by atoms with Gasteiger partial charge in [0.25, 0.3) is 0 Å². The molecule has 0 amide bonds. The van der Waals surface area contributed by atoms with Crippen molar-refractivity contribution in [2.45, 2.75) is 20.4 Å². The lowest BCUT2D eigenvalue weighted by atomic mass is 10.3. The monoisotopic (exact) mass is 279 g/mol. The zero-order valence-electron chi connectivity index (χ0n) is 10.7. The van der Waals surface area contributed by atoms with Crippen molar-refractivity contribution in [2.24, 2.45) is 0 Å². The van der Waals surface area contributed by atoms with Crippen LogP contribution in [-0.4, -0.2) is 26.5 Å². The lowest BCUT2D eigenvalue weighted by Crippen LogP contribution is -2.08. The normalized spacial score (nSPS) is 10.3. The minimum Gasteiger partial charge on any atom is -0.464 e. The molecule has 100 valence electrons. The second-order valence-electron chi connectivity index (χ2n) is 3.77. The molecule has 2 heterocycles. The fourth-order valence-corrected chi connectivity index (χ4v) is 1.62. The summed E-state index contributed by atoms with van der Waals surface area (Å²) in [6.45, 7) is 4.77. The van der Waals surface area contributed by atoms with E-state index in [1.807, 2.05) is 32.0 Å². The van der Waals surface area contributed by atoms with Crippen LogP contribution in [0.4, 0.5) is 5.95 Å². The SMILES string of the molecule is CCOc1nc(Cl)nc(NCc2cccc(C)n2)n1. The van der Waals surface area contributed by atoms with Gasteiger partial charge in [0, 0.05) is 5.69 Å². The maximum Gasteiger partial charge on any atom is 0.322 e. The standard InChI is InChI=1S/C12H14ClN5O/c1-3-19-12-17-10(13)16-11(18-12)14-7-9-6-4-5-8(2)15-9/h4-6H,3,7H2,1-2H3,(H,14,16,17,18). The predicted molar refractivity (Wildman–Crippen MR) is 72.3 cm³/mol. The minimum atomic E-state index is 0.0955. The number of nitrogens with one attached hydrogen (secondary N) is 1. The lowest BCUT2D eigenvalue weighted by molar-refractivity contribution is 0.312. The van der Waals surface area contributed by atoms with Gasteiger partial charge in [-0.15, -0.1) is 0 Å². The van der Waals surface area contributed by atoms with Crippen LogP contribution in [0.1, 0.15) is 18.3 Å². The first-order valence-electron chi connectivity index (χ1n) is 5.88. The Hall–Kier alpha value is -1.95. The van der Waals surface area contributed by atoms with E-state index in [4.69, 9.17) is 16.3 Å². The molecule has 0 saturated heterocycles. The number of nitrogens with zero attached hydrogens (tertiary/aromatic N) is 4. The summed E-state index contributed by atoms with van der Waals surface area (Å²) in [5, 5.41) is 3.13. The fraction of sp³-hybridized carbons (Fsp3) is 0.333. The van der Waals surface area contributed by atoms with Gasteiger partial charge in [-0.05, 0) is 37.6 Å². The van der Waals surface area contributed by atoms with Crippen molar-refractivity contribution in [3.8, 4) is 6.01 Å². The van der Waals surface area contributed by atoms with Gasteiger partial charge in [-0.25, -0.2) is 0 Å². The van der Waals surface area contributed by atoms with Crippen LogP contribution in [0.2, 0.25) is 5.28 Å². The summed E-state index contributed by atoms with van der Waals surface area (Å²) in [6, 6.07) is 6.02. The number of rotatable bonds is 5. The van der Waals surface area contributed by atoms with E-state index in [-0.39, 0.29) is 11.3 Å². The van der Waals surface area contributed by atoms with Crippen LogP contribution in [0.25, 0.3) is 0 Å². The summed E-state index contributed by atoms with van der Waals surface area (Å²) in [7, 11) is 0. The zero-order valence-corrected chi connectivity index (χ0v) is 11.5. The molecule has 0 atom stereocenters. The molecule has 6 nitrogen and oxygen atoms in total. The highest BCUT2D eigenvalue weighted by molar-refractivity contribution is 6.28. The Bertz CT molecular complexity index is 564. The van der Waals surface area contributed by atoms with Crippen LogP contribution in [-0.2, 0) is 6.54 Å². The molecule has 0 saturated carbocycles. The van der Waals surface area contributed by atoms with Gasteiger partial charge >= 0.3 is 6.01 Å². The molecule has 0 spiro atoms. The van der Waals surface area contributed by atoms with Crippen molar-refractivity contribution in [1.29, 1.82) is 0 Å².